The third kappa shape index (κ3) is 8.02. The number of nitrogens with zero attached hydrogens (tertiary/aromatic N) is 1. The van der Waals surface area contributed by atoms with Crippen molar-refractivity contribution in [1.82, 2.24) is 10.7 Å². The predicted molar refractivity (Wildman–Crippen MR) is 76.9 cm³/mol. The molecule has 0 saturated heterocycles. The molecular formula is C13H28N4O2. The second-order valence-electron chi connectivity index (χ2n) is 4.81. The topological polar surface area (TPSA) is 80.9 Å². The van der Waals surface area contributed by atoms with Crippen LogP contribution in [0.3, 0.4) is 0 Å². The maximum absolute atomic E-state index is 5.46. The first-order chi connectivity index (χ1) is 9.36. The lowest BCUT2D eigenvalue weighted by atomic mass is 10.2. The molecule has 0 aromatic carbocycles. The maximum Gasteiger partial charge on any atom is 0.205 e. The second kappa shape index (κ2) is 11.0. The van der Waals surface area contributed by atoms with Gasteiger partial charge >= 0.3 is 0 Å². The number of nitrogens with one attached hydrogen (secondary N) is 2. The van der Waals surface area contributed by atoms with Crippen molar-refractivity contribution in [2.24, 2.45) is 10.8 Å². The third-order valence-corrected chi connectivity index (χ3v) is 3.23. The Morgan fingerprint density at radius 2 is 2.00 bits per heavy atom. The first-order valence-corrected chi connectivity index (χ1v) is 7.21. The predicted octanol–water partition coefficient (Wildman–Crippen LogP) is 0.781. The van der Waals surface area contributed by atoms with Crippen molar-refractivity contribution in [3.8, 4) is 0 Å². The Balaban J connectivity index is 2.01. The molecule has 0 aromatic rings. The summed E-state index contributed by atoms with van der Waals surface area (Å²) in [5.41, 5.74) is 2.64. The molecule has 6 heteroatoms. The molecule has 0 amide bonds. The van der Waals surface area contributed by atoms with Gasteiger partial charge in [-0.15, -0.1) is 0 Å². The smallest absolute Gasteiger partial charge is 0.205 e. The van der Waals surface area contributed by atoms with Crippen molar-refractivity contribution in [3.05, 3.63) is 0 Å². The lowest BCUT2D eigenvalue weighted by Gasteiger charge is -2.14. The van der Waals surface area contributed by atoms with Crippen LogP contribution in [0.1, 0.15) is 38.5 Å². The molecule has 0 atom stereocenters. The number of rotatable bonds is 9. The van der Waals surface area contributed by atoms with E-state index in [2.05, 4.69) is 15.7 Å². The third-order valence-electron chi connectivity index (χ3n) is 3.23. The summed E-state index contributed by atoms with van der Waals surface area (Å²) in [5, 5.41) is 3.35. The quantitative estimate of drug-likeness (QED) is 0.190. The number of unbranched alkanes of at least 4 members (excludes halogenated alkanes) is 1. The van der Waals surface area contributed by atoms with Gasteiger partial charge in [-0.05, 0) is 25.7 Å². The highest BCUT2D eigenvalue weighted by atomic mass is 16.5. The Morgan fingerprint density at radius 3 is 2.68 bits per heavy atom. The largest absolute Gasteiger partial charge is 0.382 e. The molecule has 0 spiro atoms. The number of hydrogen-bond acceptors (Lipinski definition) is 4. The summed E-state index contributed by atoms with van der Waals surface area (Å²) in [4.78, 5) is 4.43. The number of ether oxygens (including phenoxy) is 2. The van der Waals surface area contributed by atoms with Gasteiger partial charge in [-0.3, -0.25) is 10.4 Å². The van der Waals surface area contributed by atoms with E-state index in [4.69, 9.17) is 15.3 Å². The van der Waals surface area contributed by atoms with E-state index in [1.807, 2.05) is 0 Å². The van der Waals surface area contributed by atoms with Gasteiger partial charge in [0.1, 0.15) is 0 Å². The molecule has 6 nitrogen and oxygen atoms in total. The van der Waals surface area contributed by atoms with Gasteiger partial charge in [-0.1, -0.05) is 12.8 Å². The minimum absolute atomic E-state index is 0.534. The summed E-state index contributed by atoms with van der Waals surface area (Å²) in [6, 6.07) is 0.534. The molecule has 0 bridgehead atoms. The fourth-order valence-corrected chi connectivity index (χ4v) is 2.15. The highest BCUT2D eigenvalue weighted by Gasteiger charge is 2.15. The van der Waals surface area contributed by atoms with E-state index in [9.17, 15) is 0 Å². The van der Waals surface area contributed by atoms with E-state index in [0.717, 1.165) is 26.0 Å². The average molecular weight is 272 g/mol. The SMILES string of the molecule is COCCOCCCCN=C(NN)NC1CCCC1. The van der Waals surface area contributed by atoms with Crippen LogP contribution in [0.15, 0.2) is 4.99 Å². The molecule has 112 valence electrons. The van der Waals surface area contributed by atoms with Crippen molar-refractivity contribution >= 4 is 5.96 Å². The second-order valence-corrected chi connectivity index (χ2v) is 4.81. The van der Waals surface area contributed by atoms with Crippen molar-refractivity contribution in [3.63, 3.8) is 0 Å². The molecule has 0 aromatic heterocycles. The van der Waals surface area contributed by atoms with Crippen LogP contribution in [-0.2, 0) is 9.47 Å². The van der Waals surface area contributed by atoms with Crippen LogP contribution in [0.4, 0.5) is 0 Å². The lowest BCUT2D eigenvalue weighted by molar-refractivity contribution is 0.0690. The molecule has 0 heterocycles. The van der Waals surface area contributed by atoms with Gasteiger partial charge in [-0.2, -0.15) is 0 Å². The van der Waals surface area contributed by atoms with Crippen LogP contribution in [0.2, 0.25) is 0 Å². The zero-order valence-corrected chi connectivity index (χ0v) is 12.0. The molecule has 1 rings (SSSR count). The number of methoxy groups -OCH3 is 1. The van der Waals surface area contributed by atoms with E-state index in [1.165, 1.54) is 25.7 Å². The van der Waals surface area contributed by atoms with Gasteiger partial charge in [0.15, 0.2) is 0 Å². The summed E-state index contributed by atoms with van der Waals surface area (Å²) in [6.07, 6.45) is 7.05. The fraction of sp³-hybridized carbons (Fsp3) is 0.923. The Kier molecular flexibility index (Phi) is 9.40. The normalized spacial score (nSPS) is 16.8. The van der Waals surface area contributed by atoms with Gasteiger partial charge in [0.25, 0.3) is 0 Å². The molecular weight excluding hydrogens is 244 g/mol. The summed E-state index contributed by atoms with van der Waals surface area (Å²) in [6.45, 7) is 2.86. The van der Waals surface area contributed by atoms with Gasteiger partial charge < -0.3 is 14.8 Å². The van der Waals surface area contributed by atoms with Gasteiger partial charge in [-0.25, -0.2) is 5.84 Å². The number of hydrogen-bond donors (Lipinski definition) is 3. The first-order valence-electron chi connectivity index (χ1n) is 7.21. The van der Waals surface area contributed by atoms with Crippen LogP contribution in [-0.4, -0.2) is 45.5 Å². The fourth-order valence-electron chi connectivity index (χ4n) is 2.15. The summed E-state index contributed by atoms with van der Waals surface area (Å²) in [7, 11) is 1.68. The van der Waals surface area contributed by atoms with Gasteiger partial charge in [0.05, 0.1) is 13.2 Å². The van der Waals surface area contributed by atoms with Crippen LogP contribution in [0, 0.1) is 0 Å². The maximum atomic E-state index is 5.46. The number of aliphatic imine (C=N–C) groups is 1. The number of hydrazine groups is 1. The van der Waals surface area contributed by atoms with Crippen molar-refractivity contribution in [1.29, 1.82) is 0 Å². The molecule has 1 saturated carbocycles. The Hall–Kier alpha value is -0.850. The monoisotopic (exact) mass is 272 g/mol. The Morgan fingerprint density at radius 1 is 1.21 bits per heavy atom. The Bertz CT molecular complexity index is 243. The van der Waals surface area contributed by atoms with Gasteiger partial charge in [0.2, 0.25) is 5.96 Å². The van der Waals surface area contributed by atoms with E-state index in [0.29, 0.717) is 25.2 Å². The zero-order valence-electron chi connectivity index (χ0n) is 12.0. The first kappa shape index (κ1) is 16.2. The summed E-state index contributed by atoms with van der Waals surface area (Å²) in [5.74, 6) is 6.18. The highest BCUT2D eigenvalue weighted by Crippen LogP contribution is 2.17. The average Bonchev–Trinajstić information content (AvgIpc) is 2.93. The zero-order chi connectivity index (χ0) is 13.8. The van der Waals surface area contributed by atoms with Crippen LogP contribution in [0.5, 0.6) is 0 Å². The van der Waals surface area contributed by atoms with Crippen molar-refractivity contribution in [2.75, 3.05) is 33.5 Å². The molecule has 0 unspecified atom stereocenters. The van der Waals surface area contributed by atoms with E-state index in [-0.39, 0.29) is 0 Å². The minimum atomic E-state index is 0.534. The van der Waals surface area contributed by atoms with E-state index in [1.54, 1.807) is 7.11 Å². The van der Waals surface area contributed by atoms with E-state index < -0.39 is 0 Å². The molecule has 4 N–H and O–H groups in total. The van der Waals surface area contributed by atoms with Crippen LogP contribution < -0.4 is 16.6 Å². The van der Waals surface area contributed by atoms with E-state index >= 15 is 0 Å². The minimum Gasteiger partial charge on any atom is -0.382 e. The highest BCUT2D eigenvalue weighted by molar-refractivity contribution is 5.79. The van der Waals surface area contributed by atoms with Crippen molar-refractivity contribution in [2.45, 2.75) is 44.6 Å². The molecule has 19 heavy (non-hydrogen) atoms. The van der Waals surface area contributed by atoms with Gasteiger partial charge in [0, 0.05) is 26.3 Å². The molecule has 1 aliphatic rings. The lowest BCUT2D eigenvalue weighted by Crippen LogP contribution is -2.45. The van der Waals surface area contributed by atoms with Crippen LogP contribution in [0.25, 0.3) is 0 Å². The Labute approximate surface area is 116 Å². The van der Waals surface area contributed by atoms with Crippen molar-refractivity contribution < 1.29 is 9.47 Å². The van der Waals surface area contributed by atoms with Crippen LogP contribution >= 0.6 is 0 Å². The summed E-state index contributed by atoms with van der Waals surface area (Å²) >= 11 is 0. The molecule has 0 radical (unpaired) electrons. The number of nitrogens with two attached hydrogens (primary N) is 1. The molecule has 1 aliphatic carbocycles. The standard InChI is InChI=1S/C13H28N4O2/c1-18-10-11-19-9-5-4-8-15-13(17-14)16-12-6-2-3-7-12/h12H,2-11,14H2,1H3,(H2,15,16,17). The number of guanidine groups is 1. The summed E-state index contributed by atoms with van der Waals surface area (Å²) < 4.78 is 10.3. The molecule has 0 aliphatic heterocycles. The molecule has 1 fully saturated rings.